The number of hydrogen-bond donors (Lipinski definition) is 1. The maximum atomic E-state index is 12.2. The second-order valence-electron chi connectivity index (χ2n) is 6.56. The van der Waals surface area contributed by atoms with Crippen LogP contribution in [0.25, 0.3) is 0 Å². The van der Waals surface area contributed by atoms with Gasteiger partial charge in [0.05, 0.1) is 10.6 Å². The Bertz CT molecular complexity index is 822. The third-order valence-corrected chi connectivity index (χ3v) is 6.02. The molecule has 5 heteroatoms. The first kappa shape index (κ1) is 17.7. The predicted molar refractivity (Wildman–Crippen MR) is 101 cm³/mol. The largest absolute Gasteiger partial charge is 0.276 e. The van der Waals surface area contributed by atoms with Crippen molar-refractivity contribution in [2.24, 2.45) is 5.10 Å². The molecule has 0 amide bonds. The summed E-state index contributed by atoms with van der Waals surface area (Å²) in [7, 11) is -3.63. The molecule has 132 valence electrons. The minimum absolute atomic E-state index is 0.208. The van der Waals surface area contributed by atoms with E-state index in [1.165, 1.54) is 37.7 Å². The van der Waals surface area contributed by atoms with Crippen LogP contribution in [0.2, 0.25) is 0 Å². The molecule has 0 atom stereocenters. The number of rotatable bonds is 5. The quantitative estimate of drug-likeness (QED) is 0.636. The number of benzene rings is 2. The highest BCUT2D eigenvalue weighted by Crippen LogP contribution is 2.32. The molecule has 0 bridgehead atoms. The van der Waals surface area contributed by atoms with Crippen molar-refractivity contribution in [3.63, 3.8) is 0 Å². The maximum absolute atomic E-state index is 12.2. The van der Waals surface area contributed by atoms with E-state index in [0.29, 0.717) is 11.6 Å². The predicted octanol–water partition coefficient (Wildman–Crippen LogP) is 4.44. The molecule has 1 aliphatic rings. The lowest BCUT2D eigenvalue weighted by Crippen LogP contribution is -2.19. The van der Waals surface area contributed by atoms with Gasteiger partial charge in [-0.25, -0.2) is 0 Å². The molecule has 1 saturated carbocycles. The Morgan fingerprint density at radius 3 is 2.24 bits per heavy atom. The zero-order valence-corrected chi connectivity index (χ0v) is 15.3. The molecule has 0 aromatic heterocycles. The molecule has 0 aliphatic heterocycles. The number of nitrogens with zero attached hydrogens (tertiary/aromatic N) is 1. The molecule has 2 aromatic rings. The van der Waals surface area contributed by atoms with Crippen LogP contribution in [0.5, 0.6) is 0 Å². The van der Waals surface area contributed by atoms with Crippen molar-refractivity contribution in [3.05, 3.63) is 65.7 Å². The van der Waals surface area contributed by atoms with Crippen LogP contribution in [0.1, 0.15) is 56.1 Å². The van der Waals surface area contributed by atoms with Crippen LogP contribution in [0, 0.1) is 0 Å². The molecule has 0 radical (unpaired) electrons. The van der Waals surface area contributed by atoms with Gasteiger partial charge in [0.1, 0.15) is 0 Å². The standard InChI is InChI=1S/C20H24N2O2S/c1-16(21-22-25(23,24)20-10-6-3-7-11-20)17-12-14-19(15-13-17)18-8-4-2-5-9-18/h3,6-7,10-15,18,22H,2,4-5,8-9H2,1H3/b21-16+. The van der Waals surface area contributed by atoms with E-state index in [2.05, 4.69) is 22.1 Å². The third kappa shape index (κ3) is 4.48. The minimum Gasteiger partial charge on any atom is -0.200 e. The Balaban J connectivity index is 1.70. The van der Waals surface area contributed by atoms with Gasteiger partial charge in [0.15, 0.2) is 0 Å². The van der Waals surface area contributed by atoms with Crippen LogP contribution in [0.4, 0.5) is 0 Å². The Kier molecular flexibility index (Phi) is 5.53. The summed E-state index contributed by atoms with van der Waals surface area (Å²) in [5.74, 6) is 0.664. The van der Waals surface area contributed by atoms with Gasteiger partial charge in [-0.05, 0) is 48.9 Å². The molecule has 0 spiro atoms. The highest BCUT2D eigenvalue weighted by atomic mass is 32.2. The lowest BCUT2D eigenvalue weighted by molar-refractivity contribution is 0.443. The molecule has 3 rings (SSSR count). The van der Waals surface area contributed by atoms with Crippen LogP contribution in [-0.4, -0.2) is 14.1 Å². The first-order valence-electron chi connectivity index (χ1n) is 8.78. The molecule has 0 saturated heterocycles. The van der Waals surface area contributed by atoms with E-state index in [1.54, 1.807) is 30.3 Å². The second-order valence-corrected chi connectivity index (χ2v) is 8.22. The van der Waals surface area contributed by atoms with E-state index < -0.39 is 10.0 Å². The van der Waals surface area contributed by atoms with E-state index in [0.717, 1.165) is 5.56 Å². The van der Waals surface area contributed by atoms with Crippen molar-refractivity contribution >= 4 is 15.7 Å². The molecule has 2 aromatic carbocycles. The molecule has 1 N–H and O–H groups in total. The van der Waals surface area contributed by atoms with Gasteiger partial charge in [0, 0.05) is 0 Å². The average Bonchev–Trinajstić information content (AvgIpc) is 2.68. The van der Waals surface area contributed by atoms with E-state index in [4.69, 9.17) is 0 Å². The maximum Gasteiger partial charge on any atom is 0.276 e. The van der Waals surface area contributed by atoms with Gasteiger partial charge in [0.25, 0.3) is 10.0 Å². The fraction of sp³-hybridized carbons (Fsp3) is 0.350. The average molecular weight is 356 g/mol. The molecule has 25 heavy (non-hydrogen) atoms. The van der Waals surface area contributed by atoms with Gasteiger partial charge in [-0.2, -0.15) is 18.4 Å². The van der Waals surface area contributed by atoms with Gasteiger partial charge >= 0.3 is 0 Å². The summed E-state index contributed by atoms with van der Waals surface area (Å²) in [6.45, 7) is 1.81. The number of nitrogens with one attached hydrogen (secondary N) is 1. The molecule has 4 nitrogen and oxygen atoms in total. The molecule has 0 heterocycles. The molecular formula is C20H24N2O2S. The van der Waals surface area contributed by atoms with Crippen molar-refractivity contribution in [2.75, 3.05) is 0 Å². The SMILES string of the molecule is C/C(=N\NS(=O)(=O)c1ccccc1)c1ccc(C2CCCCC2)cc1. The van der Waals surface area contributed by atoms with E-state index in [1.807, 2.05) is 19.1 Å². The minimum atomic E-state index is -3.63. The van der Waals surface area contributed by atoms with E-state index in [-0.39, 0.29) is 4.90 Å². The number of hydrazone groups is 1. The van der Waals surface area contributed by atoms with Crippen molar-refractivity contribution in [1.82, 2.24) is 4.83 Å². The summed E-state index contributed by atoms with van der Waals surface area (Å²) in [4.78, 5) is 2.52. The summed E-state index contributed by atoms with van der Waals surface area (Å²) in [6.07, 6.45) is 6.51. The summed E-state index contributed by atoms with van der Waals surface area (Å²) < 4.78 is 24.4. The fourth-order valence-electron chi connectivity index (χ4n) is 3.28. The Morgan fingerprint density at radius 2 is 1.60 bits per heavy atom. The van der Waals surface area contributed by atoms with Gasteiger partial charge < -0.3 is 0 Å². The Morgan fingerprint density at radius 1 is 0.960 bits per heavy atom. The molecule has 1 aliphatic carbocycles. The number of hydrogen-bond acceptors (Lipinski definition) is 3. The van der Waals surface area contributed by atoms with Crippen molar-refractivity contribution in [3.8, 4) is 0 Å². The van der Waals surface area contributed by atoms with Gasteiger partial charge in [-0.3, -0.25) is 0 Å². The summed E-state index contributed by atoms with van der Waals surface area (Å²) in [6, 6.07) is 16.6. The van der Waals surface area contributed by atoms with Crippen LogP contribution in [-0.2, 0) is 10.0 Å². The molecule has 0 unspecified atom stereocenters. The monoisotopic (exact) mass is 356 g/mol. The molecular weight excluding hydrogens is 332 g/mol. The van der Waals surface area contributed by atoms with Gasteiger partial charge in [-0.15, -0.1) is 0 Å². The van der Waals surface area contributed by atoms with E-state index in [9.17, 15) is 8.42 Å². The van der Waals surface area contributed by atoms with Crippen LogP contribution >= 0.6 is 0 Å². The lowest BCUT2D eigenvalue weighted by Gasteiger charge is -2.22. The zero-order valence-electron chi connectivity index (χ0n) is 14.5. The third-order valence-electron chi connectivity index (χ3n) is 4.79. The van der Waals surface area contributed by atoms with E-state index >= 15 is 0 Å². The fourth-order valence-corrected chi connectivity index (χ4v) is 4.16. The highest BCUT2D eigenvalue weighted by molar-refractivity contribution is 7.89. The van der Waals surface area contributed by atoms with Gasteiger partial charge in [-0.1, -0.05) is 61.7 Å². The highest BCUT2D eigenvalue weighted by Gasteiger charge is 2.15. The smallest absolute Gasteiger partial charge is 0.200 e. The lowest BCUT2D eigenvalue weighted by atomic mass is 9.84. The summed E-state index contributed by atoms with van der Waals surface area (Å²) in [5, 5.41) is 4.06. The van der Waals surface area contributed by atoms with Gasteiger partial charge in [0.2, 0.25) is 0 Å². The van der Waals surface area contributed by atoms with Crippen molar-refractivity contribution in [2.45, 2.75) is 49.8 Å². The van der Waals surface area contributed by atoms with Crippen molar-refractivity contribution < 1.29 is 8.42 Å². The summed E-state index contributed by atoms with van der Waals surface area (Å²) in [5.41, 5.74) is 2.95. The van der Waals surface area contributed by atoms with Crippen LogP contribution in [0.3, 0.4) is 0 Å². The first-order valence-corrected chi connectivity index (χ1v) is 10.3. The zero-order chi connectivity index (χ0) is 17.7. The van der Waals surface area contributed by atoms with Crippen LogP contribution in [0.15, 0.2) is 64.6 Å². The Hall–Kier alpha value is -2.14. The second kappa shape index (κ2) is 7.83. The normalized spacial score (nSPS) is 16.6. The first-order chi connectivity index (χ1) is 12.1. The topological polar surface area (TPSA) is 58.5 Å². The molecule has 1 fully saturated rings. The van der Waals surface area contributed by atoms with Crippen molar-refractivity contribution in [1.29, 1.82) is 0 Å². The summed E-state index contributed by atoms with van der Waals surface area (Å²) >= 11 is 0. The van der Waals surface area contributed by atoms with Crippen LogP contribution < -0.4 is 4.83 Å². The Labute approximate surface area is 150 Å². The number of sulfonamides is 1.